The first-order valence-electron chi connectivity index (χ1n) is 7.50. The van der Waals surface area contributed by atoms with Gasteiger partial charge in [-0.2, -0.15) is 0 Å². The summed E-state index contributed by atoms with van der Waals surface area (Å²) in [6, 6.07) is -0.143. The Balaban J connectivity index is 1.57. The van der Waals surface area contributed by atoms with Crippen LogP contribution >= 0.6 is 0 Å². The van der Waals surface area contributed by atoms with E-state index in [2.05, 4.69) is 15.3 Å². The molecule has 0 aliphatic carbocycles. The first kappa shape index (κ1) is 14.8. The maximum Gasteiger partial charge on any atom is 0.246 e. The molecule has 2 amide bonds. The molecule has 0 radical (unpaired) electrons. The summed E-state index contributed by atoms with van der Waals surface area (Å²) in [5.74, 6) is -0.0341. The van der Waals surface area contributed by atoms with Crippen LogP contribution in [0.4, 0.5) is 0 Å². The van der Waals surface area contributed by atoms with Gasteiger partial charge in [0.25, 0.3) is 0 Å². The number of aromatic amines is 1. The minimum absolute atomic E-state index is 0.0200. The Kier molecular flexibility index (Phi) is 3.98. The van der Waals surface area contributed by atoms with Gasteiger partial charge in [0.15, 0.2) is 0 Å². The van der Waals surface area contributed by atoms with Gasteiger partial charge in [-0.3, -0.25) is 9.59 Å². The number of aliphatic hydroxyl groups is 1. The number of piperidine rings is 1. The maximum absolute atomic E-state index is 12.2. The van der Waals surface area contributed by atoms with Gasteiger partial charge < -0.3 is 20.3 Å². The molecule has 3 rings (SSSR count). The standard InChI is InChI=1S/C15H20N4O3/c20-9-12-7-15(14(22)18-12)3-5-19(6-4-15)13(21)2-1-11-8-16-10-17-11/h1-2,8,10,12,20H,3-7,9H2,(H,16,17)(H,18,22)/b2-1+. The van der Waals surface area contributed by atoms with E-state index in [-0.39, 0.29) is 24.5 Å². The molecule has 1 aromatic heterocycles. The zero-order valence-corrected chi connectivity index (χ0v) is 12.3. The van der Waals surface area contributed by atoms with Crippen molar-refractivity contribution in [2.45, 2.75) is 25.3 Å². The van der Waals surface area contributed by atoms with Gasteiger partial charge in [0.05, 0.1) is 36.3 Å². The van der Waals surface area contributed by atoms with E-state index in [0.29, 0.717) is 32.4 Å². The third-order valence-electron chi connectivity index (χ3n) is 4.63. The summed E-state index contributed by atoms with van der Waals surface area (Å²) in [6.45, 7) is 1.11. The molecular weight excluding hydrogens is 284 g/mol. The molecule has 1 spiro atoms. The number of aliphatic hydroxyl groups excluding tert-OH is 1. The Hall–Kier alpha value is -2.15. The lowest BCUT2D eigenvalue weighted by Crippen LogP contribution is -2.45. The number of hydrogen-bond acceptors (Lipinski definition) is 4. The van der Waals surface area contributed by atoms with Crippen LogP contribution in [0.5, 0.6) is 0 Å². The molecule has 2 saturated heterocycles. The van der Waals surface area contributed by atoms with E-state index in [9.17, 15) is 14.7 Å². The number of hydrogen-bond donors (Lipinski definition) is 3. The highest BCUT2D eigenvalue weighted by Gasteiger charge is 2.48. The summed E-state index contributed by atoms with van der Waals surface area (Å²) >= 11 is 0. The van der Waals surface area contributed by atoms with Crippen LogP contribution in [-0.4, -0.2) is 57.5 Å². The number of H-pyrrole nitrogens is 1. The van der Waals surface area contributed by atoms with Crippen LogP contribution in [0.1, 0.15) is 25.0 Å². The lowest BCUT2D eigenvalue weighted by Gasteiger charge is -2.37. The predicted molar refractivity (Wildman–Crippen MR) is 79.5 cm³/mol. The smallest absolute Gasteiger partial charge is 0.246 e. The zero-order valence-electron chi connectivity index (χ0n) is 12.3. The van der Waals surface area contributed by atoms with E-state index in [0.717, 1.165) is 5.69 Å². The average Bonchev–Trinajstić information content (AvgIpc) is 3.15. The van der Waals surface area contributed by atoms with E-state index in [1.165, 1.54) is 6.08 Å². The van der Waals surface area contributed by atoms with Crippen molar-refractivity contribution in [1.29, 1.82) is 0 Å². The number of rotatable bonds is 3. The minimum Gasteiger partial charge on any atom is -0.394 e. The molecule has 7 heteroatoms. The highest BCUT2D eigenvalue weighted by atomic mass is 16.3. The Morgan fingerprint density at radius 2 is 2.27 bits per heavy atom. The van der Waals surface area contributed by atoms with E-state index >= 15 is 0 Å². The van der Waals surface area contributed by atoms with Gasteiger partial charge >= 0.3 is 0 Å². The van der Waals surface area contributed by atoms with Gasteiger partial charge in [-0.15, -0.1) is 0 Å². The summed E-state index contributed by atoms with van der Waals surface area (Å²) < 4.78 is 0. The number of likely N-dealkylation sites (tertiary alicyclic amines) is 1. The van der Waals surface area contributed by atoms with Crippen molar-refractivity contribution in [3.8, 4) is 0 Å². The van der Waals surface area contributed by atoms with Gasteiger partial charge in [0, 0.05) is 19.2 Å². The SMILES string of the molecule is O=C(/C=C/c1cnc[nH]1)N1CCC2(CC1)CC(CO)NC2=O. The molecule has 118 valence electrons. The molecule has 0 saturated carbocycles. The Labute approximate surface area is 128 Å². The third-order valence-corrected chi connectivity index (χ3v) is 4.63. The second kappa shape index (κ2) is 5.92. The summed E-state index contributed by atoms with van der Waals surface area (Å²) in [5, 5.41) is 12.0. The van der Waals surface area contributed by atoms with Gasteiger partial charge in [0.2, 0.25) is 11.8 Å². The molecule has 2 aliphatic heterocycles. The van der Waals surface area contributed by atoms with Crippen LogP contribution in [0.2, 0.25) is 0 Å². The Morgan fingerprint density at radius 1 is 1.50 bits per heavy atom. The quantitative estimate of drug-likeness (QED) is 0.680. The fourth-order valence-corrected chi connectivity index (χ4v) is 3.27. The van der Waals surface area contributed by atoms with E-state index < -0.39 is 5.41 Å². The molecule has 3 N–H and O–H groups in total. The Morgan fingerprint density at radius 3 is 2.86 bits per heavy atom. The minimum atomic E-state index is -0.405. The fourth-order valence-electron chi connectivity index (χ4n) is 3.27. The van der Waals surface area contributed by atoms with Crippen molar-refractivity contribution < 1.29 is 14.7 Å². The van der Waals surface area contributed by atoms with Crippen LogP contribution in [0, 0.1) is 5.41 Å². The first-order valence-corrected chi connectivity index (χ1v) is 7.50. The van der Waals surface area contributed by atoms with E-state index in [1.54, 1.807) is 23.5 Å². The first-order chi connectivity index (χ1) is 10.6. The maximum atomic E-state index is 12.2. The topological polar surface area (TPSA) is 98.3 Å². The number of carbonyl (C=O) groups is 2. The van der Waals surface area contributed by atoms with Crippen molar-refractivity contribution in [2.24, 2.45) is 5.41 Å². The van der Waals surface area contributed by atoms with Crippen molar-refractivity contribution in [3.05, 3.63) is 24.3 Å². The number of aromatic nitrogens is 2. The third kappa shape index (κ3) is 2.76. The van der Waals surface area contributed by atoms with Gasteiger partial charge in [-0.1, -0.05) is 0 Å². The van der Waals surface area contributed by atoms with Gasteiger partial charge in [-0.25, -0.2) is 4.98 Å². The van der Waals surface area contributed by atoms with Crippen LogP contribution in [-0.2, 0) is 9.59 Å². The monoisotopic (exact) mass is 304 g/mol. The number of imidazole rings is 1. The molecule has 0 aromatic carbocycles. The summed E-state index contributed by atoms with van der Waals surface area (Å²) in [5.41, 5.74) is 0.375. The number of nitrogens with zero attached hydrogens (tertiary/aromatic N) is 2. The molecule has 22 heavy (non-hydrogen) atoms. The van der Waals surface area contributed by atoms with Crippen molar-refractivity contribution >= 4 is 17.9 Å². The predicted octanol–water partition coefficient (Wildman–Crippen LogP) is -0.0875. The molecule has 1 unspecified atom stereocenters. The molecule has 2 aliphatic rings. The molecule has 2 fully saturated rings. The van der Waals surface area contributed by atoms with Crippen LogP contribution < -0.4 is 5.32 Å². The lowest BCUT2D eigenvalue weighted by molar-refractivity contribution is -0.135. The molecule has 1 aromatic rings. The molecule has 3 heterocycles. The fraction of sp³-hybridized carbons (Fsp3) is 0.533. The number of amides is 2. The average molecular weight is 304 g/mol. The highest BCUT2D eigenvalue weighted by molar-refractivity contribution is 5.92. The summed E-state index contributed by atoms with van der Waals surface area (Å²) in [6.07, 6.45) is 8.39. The van der Waals surface area contributed by atoms with E-state index in [1.807, 2.05) is 0 Å². The lowest BCUT2D eigenvalue weighted by atomic mass is 9.76. The van der Waals surface area contributed by atoms with E-state index in [4.69, 9.17) is 0 Å². The molecule has 1 atom stereocenters. The molecular formula is C15H20N4O3. The van der Waals surface area contributed by atoms with Crippen molar-refractivity contribution in [3.63, 3.8) is 0 Å². The van der Waals surface area contributed by atoms with Crippen LogP contribution in [0.3, 0.4) is 0 Å². The number of carbonyl (C=O) groups excluding carboxylic acids is 2. The van der Waals surface area contributed by atoms with Crippen LogP contribution in [0.25, 0.3) is 6.08 Å². The van der Waals surface area contributed by atoms with Gasteiger partial charge in [-0.05, 0) is 25.3 Å². The highest BCUT2D eigenvalue weighted by Crippen LogP contribution is 2.40. The number of nitrogens with one attached hydrogen (secondary N) is 2. The van der Waals surface area contributed by atoms with Gasteiger partial charge in [0.1, 0.15) is 0 Å². The normalized spacial score (nSPS) is 24.1. The zero-order chi connectivity index (χ0) is 15.6. The largest absolute Gasteiger partial charge is 0.394 e. The second-order valence-electron chi connectivity index (χ2n) is 6.00. The molecule has 7 nitrogen and oxygen atoms in total. The summed E-state index contributed by atoms with van der Waals surface area (Å²) in [4.78, 5) is 32.8. The van der Waals surface area contributed by atoms with Crippen LogP contribution in [0.15, 0.2) is 18.6 Å². The molecule has 0 bridgehead atoms. The van der Waals surface area contributed by atoms with Crippen molar-refractivity contribution in [2.75, 3.05) is 19.7 Å². The second-order valence-corrected chi connectivity index (χ2v) is 6.00. The van der Waals surface area contributed by atoms with Crippen molar-refractivity contribution in [1.82, 2.24) is 20.2 Å². The Bertz CT molecular complexity index is 574. The summed E-state index contributed by atoms with van der Waals surface area (Å²) in [7, 11) is 0.